The minimum atomic E-state index is -1.05. The van der Waals surface area contributed by atoms with Crippen molar-refractivity contribution in [2.45, 2.75) is 13.0 Å². The first-order chi connectivity index (χ1) is 8.56. The Morgan fingerprint density at radius 2 is 1.89 bits per heavy atom. The lowest BCUT2D eigenvalue weighted by Gasteiger charge is -2.09. The lowest BCUT2D eigenvalue weighted by Crippen LogP contribution is -2.22. The summed E-state index contributed by atoms with van der Waals surface area (Å²) in [5.74, 6) is -0.632. The molecule has 1 atom stereocenters. The molecule has 90 valence electrons. The molecule has 0 aliphatic carbocycles. The SMILES string of the molecule is C[C@@H](Oc1ccc(C=C(C#N)C#N)cc1)C(=O)O. The Morgan fingerprint density at radius 3 is 2.33 bits per heavy atom. The maximum absolute atomic E-state index is 10.6. The van der Waals surface area contributed by atoms with Gasteiger partial charge in [0.2, 0.25) is 0 Å². The molecular weight excluding hydrogens is 232 g/mol. The van der Waals surface area contributed by atoms with Gasteiger partial charge in [-0.2, -0.15) is 10.5 Å². The number of nitriles is 2. The highest BCUT2D eigenvalue weighted by Crippen LogP contribution is 2.15. The van der Waals surface area contributed by atoms with Gasteiger partial charge in [0.1, 0.15) is 23.5 Å². The van der Waals surface area contributed by atoms with E-state index in [-0.39, 0.29) is 5.57 Å². The van der Waals surface area contributed by atoms with Crippen molar-refractivity contribution < 1.29 is 14.6 Å². The summed E-state index contributed by atoms with van der Waals surface area (Å²) in [5.41, 5.74) is 0.672. The van der Waals surface area contributed by atoms with Crippen LogP contribution in [0.5, 0.6) is 5.75 Å². The molecule has 1 rings (SSSR count). The monoisotopic (exact) mass is 242 g/mol. The molecule has 0 saturated heterocycles. The van der Waals surface area contributed by atoms with Crippen LogP contribution in [-0.4, -0.2) is 17.2 Å². The summed E-state index contributed by atoms with van der Waals surface area (Å²) in [6.45, 7) is 1.43. The highest BCUT2D eigenvalue weighted by Gasteiger charge is 2.11. The van der Waals surface area contributed by atoms with Crippen LogP contribution in [0.3, 0.4) is 0 Å². The van der Waals surface area contributed by atoms with Crippen molar-refractivity contribution >= 4 is 12.0 Å². The fourth-order valence-electron chi connectivity index (χ4n) is 1.15. The Hall–Kier alpha value is -2.79. The third-order valence-corrected chi connectivity index (χ3v) is 2.09. The van der Waals surface area contributed by atoms with Gasteiger partial charge in [0, 0.05) is 0 Å². The number of carboxylic acid groups (broad SMARTS) is 1. The number of carboxylic acids is 1. The molecule has 5 heteroatoms. The Labute approximate surface area is 104 Å². The zero-order chi connectivity index (χ0) is 13.5. The van der Waals surface area contributed by atoms with Gasteiger partial charge in [-0.15, -0.1) is 0 Å². The molecule has 0 aromatic heterocycles. The summed E-state index contributed by atoms with van der Waals surface area (Å²) in [6.07, 6.45) is 0.505. The maximum Gasteiger partial charge on any atom is 0.344 e. The lowest BCUT2D eigenvalue weighted by molar-refractivity contribution is -0.144. The molecule has 5 nitrogen and oxygen atoms in total. The van der Waals surface area contributed by atoms with E-state index in [0.29, 0.717) is 11.3 Å². The smallest absolute Gasteiger partial charge is 0.344 e. The second-order valence-corrected chi connectivity index (χ2v) is 3.45. The summed E-state index contributed by atoms with van der Waals surface area (Å²) < 4.78 is 5.14. The number of aliphatic carboxylic acids is 1. The highest BCUT2D eigenvalue weighted by atomic mass is 16.5. The number of allylic oxidation sites excluding steroid dienone is 1. The first-order valence-electron chi connectivity index (χ1n) is 5.08. The van der Waals surface area contributed by atoms with E-state index in [4.69, 9.17) is 20.4 Å². The third kappa shape index (κ3) is 3.66. The molecular formula is C13H10N2O3. The first-order valence-corrected chi connectivity index (χ1v) is 5.08. The van der Waals surface area contributed by atoms with Crippen LogP contribution in [0, 0.1) is 22.7 Å². The molecule has 1 aromatic carbocycles. The molecule has 1 aromatic rings. The number of hydrogen-bond acceptors (Lipinski definition) is 4. The molecule has 0 aliphatic rings. The van der Waals surface area contributed by atoms with Gasteiger partial charge < -0.3 is 9.84 Å². The van der Waals surface area contributed by atoms with Crippen molar-refractivity contribution in [3.05, 3.63) is 35.4 Å². The molecule has 0 bridgehead atoms. The summed E-state index contributed by atoms with van der Waals surface area (Å²) in [7, 11) is 0. The van der Waals surface area contributed by atoms with E-state index in [9.17, 15) is 4.79 Å². The molecule has 0 fully saturated rings. The minimum absolute atomic E-state index is 0.00238. The molecule has 0 unspecified atom stereocenters. The van der Waals surface area contributed by atoms with Crippen LogP contribution < -0.4 is 4.74 Å². The Morgan fingerprint density at radius 1 is 1.33 bits per heavy atom. The number of rotatable bonds is 4. The van der Waals surface area contributed by atoms with E-state index >= 15 is 0 Å². The van der Waals surface area contributed by atoms with Crippen molar-refractivity contribution in [2.24, 2.45) is 0 Å². The van der Waals surface area contributed by atoms with Gasteiger partial charge in [0.25, 0.3) is 0 Å². The zero-order valence-electron chi connectivity index (χ0n) is 9.62. The Bertz CT molecular complexity index is 531. The van der Waals surface area contributed by atoms with Gasteiger partial charge in [-0.1, -0.05) is 12.1 Å². The van der Waals surface area contributed by atoms with E-state index in [1.165, 1.54) is 13.0 Å². The Balaban J connectivity index is 2.82. The summed E-state index contributed by atoms with van der Waals surface area (Å²) >= 11 is 0. The minimum Gasteiger partial charge on any atom is -0.479 e. The van der Waals surface area contributed by atoms with E-state index in [2.05, 4.69) is 0 Å². The average molecular weight is 242 g/mol. The largest absolute Gasteiger partial charge is 0.479 e. The lowest BCUT2D eigenvalue weighted by atomic mass is 10.1. The predicted molar refractivity (Wildman–Crippen MR) is 63.4 cm³/mol. The molecule has 1 N–H and O–H groups in total. The number of carbonyl (C=O) groups is 1. The van der Waals surface area contributed by atoms with Crippen molar-refractivity contribution in [3.63, 3.8) is 0 Å². The van der Waals surface area contributed by atoms with Crippen molar-refractivity contribution in [3.8, 4) is 17.9 Å². The fraction of sp³-hybridized carbons (Fsp3) is 0.154. The zero-order valence-corrected chi connectivity index (χ0v) is 9.62. The van der Waals surface area contributed by atoms with Crippen molar-refractivity contribution in [1.82, 2.24) is 0 Å². The molecule has 18 heavy (non-hydrogen) atoms. The highest BCUT2D eigenvalue weighted by molar-refractivity contribution is 5.72. The van der Waals surface area contributed by atoms with E-state index in [1.54, 1.807) is 36.4 Å². The van der Waals surface area contributed by atoms with Crippen LogP contribution in [0.4, 0.5) is 0 Å². The van der Waals surface area contributed by atoms with Gasteiger partial charge in [0.05, 0.1) is 0 Å². The molecule has 0 aliphatic heterocycles. The summed E-state index contributed by atoms with van der Waals surface area (Å²) in [6, 6.07) is 9.94. The van der Waals surface area contributed by atoms with Gasteiger partial charge in [0.15, 0.2) is 6.10 Å². The third-order valence-electron chi connectivity index (χ3n) is 2.09. The van der Waals surface area contributed by atoms with Crippen LogP contribution >= 0.6 is 0 Å². The van der Waals surface area contributed by atoms with E-state index in [0.717, 1.165) is 0 Å². The van der Waals surface area contributed by atoms with Crippen LogP contribution in [0.15, 0.2) is 29.8 Å². The van der Waals surface area contributed by atoms with Crippen LogP contribution in [0.2, 0.25) is 0 Å². The summed E-state index contributed by atoms with van der Waals surface area (Å²) in [4.78, 5) is 10.6. The molecule has 0 radical (unpaired) electrons. The summed E-state index contributed by atoms with van der Waals surface area (Å²) in [5, 5.41) is 25.9. The number of hydrogen-bond donors (Lipinski definition) is 1. The number of benzene rings is 1. The standard InChI is InChI=1S/C13H10N2O3/c1-9(13(16)17)18-12-4-2-10(3-5-12)6-11(7-14)8-15/h2-6,9H,1H3,(H,16,17)/t9-/m1/s1. The second-order valence-electron chi connectivity index (χ2n) is 3.45. The molecule has 0 amide bonds. The van der Waals surface area contributed by atoms with Gasteiger partial charge in [-0.3, -0.25) is 0 Å². The normalized spacial score (nSPS) is 10.6. The van der Waals surface area contributed by atoms with Crippen LogP contribution in [-0.2, 0) is 4.79 Å². The van der Waals surface area contributed by atoms with Crippen molar-refractivity contribution in [1.29, 1.82) is 10.5 Å². The average Bonchev–Trinajstić information content (AvgIpc) is 2.37. The molecule has 0 heterocycles. The number of ether oxygens (including phenoxy) is 1. The van der Waals surface area contributed by atoms with Crippen molar-refractivity contribution in [2.75, 3.05) is 0 Å². The van der Waals surface area contributed by atoms with E-state index in [1.807, 2.05) is 0 Å². The maximum atomic E-state index is 10.6. The second kappa shape index (κ2) is 6.07. The number of nitrogens with zero attached hydrogens (tertiary/aromatic N) is 2. The first kappa shape index (κ1) is 13.3. The van der Waals surface area contributed by atoms with Gasteiger partial charge >= 0.3 is 5.97 Å². The van der Waals surface area contributed by atoms with Gasteiger partial charge in [-0.05, 0) is 30.7 Å². The topological polar surface area (TPSA) is 94.1 Å². The van der Waals surface area contributed by atoms with Crippen LogP contribution in [0.25, 0.3) is 6.08 Å². The predicted octanol–water partition coefficient (Wildman–Crippen LogP) is 1.97. The molecule has 0 saturated carbocycles. The van der Waals surface area contributed by atoms with Crippen LogP contribution in [0.1, 0.15) is 12.5 Å². The fourth-order valence-corrected chi connectivity index (χ4v) is 1.15. The molecule has 0 spiro atoms. The quantitative estimate of drug-likeness (QED) is 0.814. The van der Waals surface area contributed by atoms with Gasteiger partial charge in [-0.25, -0.2) is 4.79 Å². The Kier molecular flexibility index (Phi) is 4.48. The van der Waals surface area contributed by atoms with E-state index < -0.39 is 12.1 Å².